The molecule has 2 nitrogen and oxygen atoms in total. The second-order valence-electron chi connectivity index (χ2n) is 6.29. The van der Waals surface area contributed by atoms with Crippen molar-refractivity contribution in [1.82, 2.24) is 0 Å². The highest BCUT2D eigenvalue weighted by Crippen LogP contribution is 2.41. The Bertz CT molecular complexity index is 394. The lowest BCUT2D eigenvalue weighted by Gasteiger charge is -2.43. The Labute approximate surface area is 117 Å². The minimum Gasteiger partial charge on any atom is -0.378 e. The third-order valence-electron chi connectivity index (χ3n) is 4.53. The summed E-state index contributed by atoms with van der Waals surface area (Å²) in [6.07, 6.45) is 3.62. The first-order valence-corrected chi connectivity index (χ1v) is 7.46. The predicted octanol–water partition coefficient (Wildman–Crippen LogP) is 3.42. The zero-order valence-electron chi connectivity index (χ0n) is 12.5. The number of ether oxygens (including phenoxy) is 1. The molecule has 2 atom stereocenters. The van der Waals surface area contributed by atoms with Crippen molar-refractivity contribution in [3.63, 3.8) is 0 Å². The zero-order valence-corrected chi connectivity index (χ0v) is 12.5. The van der Waals surface area contributed by atoms with Crippen molar-refractivity contribution in [2.45, 2.75) is 51.6 Å². The smallest absolute Gasteiger partial charge is 0.0606 e. The lowest BCUT2D eigenvalue weighted by molar-refractivity contribution is -0.0465. The molecule has 1 aromatic carbocycles. The van der Waals surface area contributed by atoms with Gasteiger partial charge in [0.05, 0.1) is 6.10 Å². The van der Waals surface area contributed by atoms with E-state index in [1.165, 1.54) is 11.1 Å². The van der Waals surface area contributed by atoms with Crippen LogP contribution in [0, 0.1) is 12.8 Å². The highest BCUT2D eigenvalue weighted by molar-refractivity contribution is 5.29. The molecular formula is C17H27NO. The lowest BCUT2D eigenvalue weighted by atomic mass is 9.68. The zero-order chi connectivity index (χ0) is 13.9. The van der Waals surface area contributed by atoms with Gasteiger partial charge in [-0.05, 0) is 44.2 Å². The molecule has 0 unspecified atom stereocenters. The topological polar surface area (TPSA) is 35.2 Å². The van der Waals surface area contributed by atoms with Crippen molar-refractivity contribution in [3.8, 4) is 0 Å². The summed E-state index contributed by atoms with van der Waals surface area (Å²) in [5.74, 6) is 0.572. The fourth-order valence-corrected chi connectivity index (χ4v) is 3.20. The van der Waals surface area contributed by atoms with Gasteiger partial charge < -0.3 is 10.5 Å². The van der Waals surface area contributed by atoms with Crippen LogP contribution in [0.4, 0.5) is 0 Å². The van der Waals surface area contributed by atoms with E-state index < -0.39 is 0 Å². The highest BCUT2D eigenvalue weighted by atomic mass is 16.5. The molecule has 0 saturated carbocycles. The van der Waals surface area contributed by atoms with Gasteiger partial charge in [-0.25, -0.2) is 0 Å². The van der Waals surface area contributed by atoms with E-state index in [0.717, 1.165) is 32.4 Å². The molecule has 19 heavy (non-hydrogen) atoms. The molecule has 1 aromatic rings. The molecule has 0 spiro atoms. The third kappa shape index (κ3) is 3.18. The van der Waals surface area contributed by atoms with E-state index in [9.17, 15) is 0 Å². The van der Waals surface area contributed by atoms with Gasteiger partial charge in [-0.2, -0.15) is 0 Å². The van der Waals surface area contributed by atoms with Gasteiger partial charge in [-0.1, -0.05) is 43.7 Å². The van der Waals surface area contributed by atoms with Gasteiger partial charge >= 0.3 is 0 Å². The monoisotopic (exact) mass is 261 g/mol. The molecule has 1 aliphatic rings. The van der Waals surface area contributed by atoms with E-state index >= 15 is 0 Å². The van der Waals surface area contributed by atoms with Crippen LogP contribution in [0.25, 0.3) is 0 Å². The summed E-state index contributed by atoms with van der Waals surface area (Å²) < 4.78 is 5.95. The number of hydrogen-bond donors (Lipinski definition) is 1. The molecule has 0 aliphatic carbocycles. The van der Waals surface area contributed by atoms with Crippen molar-refractivity contribution in [1.29, 1.82) is 0 Å². The number of aryl methyl sites for hydroxylation is 1. The molecule has 2 heteroatoms. The second-order valence-corrected chi connectivity index (χ2v) is 6.29. The maximum absolute atomic E-state index is 5.95. The van der Waals surface area contributed by atoms with Crippen molar-refractivity contribution in [3.05, 3.63) is 35.4 Å². The standard InChI is InChI=1S/C17H27NO/c1-13(2)16-12-17(8-10-18,9-11-19-16)15-6-4-14(3)5-7-15/h4-7,13,16H,8-12,18H2,1-3H3/t16-,17-/m1/s1. The van der Waals surface area contributed by atoms with Crippen molar-refractivity contribution < 1.29 is 4.74 Å². The van der Waals surface area contributed by atoms with Gasteiger partial charge in [0.25, 0.3) is 0 Å². The maximum atomic E-state index is 5.95. The van der Waals surface area contributed by atoms with Crippen LogP contribution in [0.1, 0.15) is 44.2 Å². The molecule has 1 saturated heterocycles. The first kappa shape index (κ1) is 14.5. The number of nitrogens with two attached hydrogens (primary N) is 1. The Morgan fingerprint density at radius 1 is 1.32 bits per heavy atom. The van der Waals surface area contributed by atoms with E-state index in [2.05, 4.69) is 45.0 Å². The van der Waals surface area contributed by atoms with Crippen LogP contribution in [0.3, 0.4) is 0 Å². The van der Waals surface area contributed by atoms with Gasteiger partial charge in [0, 0.05) is 12.0 Å². The Morgan fingerprint density at radius 3 is 2.58 bits per heavy atom. The predicted molar refractivity (Wildman–Crippen MR) is 80.3 cm³/mol. The van der Waals surface area contributed by atoms with Gasteiger partial charge in [-0.3, -0.25) is 0 Å². The lowest BCUT2D eigenvalue weighted by Crippen LogP contribution is -2.42. The summed E-state index contributed by atoms with van der Waals surface area (Å²) in [6.45, 7) is 8.24. The number of benzene rings is 1. The first-order valence-electron chi connectivity index (χ1n) is 7.46. The highest BCUT2D eigenvalue weighted by Gasteiger charge is 2.38. The van der Waals surface area contributed by atoms with E-state index in [1.54, 1.807) is 0 Å². The molecule has 1 fully saturated rings. The summed E-state index contributed by atoms with van der Waals surface area (Å²) in [6, 6.07) is 9.00. The second kappa shape index (κ2) is 6.06. The molecular weight excluding hydrogens is 234 g/mol. The molecule has 1 heterocycles. The average molecular weight is 261 g/mol. The van der Waals surface area contributed by atoms with Crippen LogP contribution in [0.15, 0.2) is 24.3 Å². The summed E-state index contributed by atoms with van der Waals surface area (Å²) in [5.41, 5.74) is 8.87. The molecule has 2 rings (SSSR count). The van der Waals surface area contributed by atoms with E-state index in [-0.39, 0.29) is 5.41 Å². The minimum absolute atomic E-state index is 0.218. The van der Waals surface area contributed by atoms with Crippen LogP contribution in [0.5, 0.6) is 0 Å². The van der Waals surface area contributed by atoms with Crippen LogP contribution < -0.4 is 5.73 Å². The summed E-state index contributed by atoms with van der Waals surface area (Å²) in [5, 5.41) is 0. The van der Waals surface area contributed by atoms with Crippen molar-refractivity contribution >= 4 is 0 Å². The van der Waals surface area contributed by atoms with E-state index in [1.807, 2.05) is 0 Å². The largest absolute Gasteiger partial charge is 0.378 e. The van der Waals surface area contributed by atoms with Gasteiger partial charge in [0.2, 0.25) is 0 Å². The Balaban J connectivity index is 2.28. The third-order valence-corrected chi connectivity index (χ3v) is 4.53. The number of hydrogen-bond acceptors (Lipinski definition) is 2. The first-order chi connectivity index (χ1) is 9.07. The Kier molecular flexibility index (Phi) is 4.64. The molecule has 1 aliphatic heterocycles. The SMILES string of the molecule is Cc1ccc([C@]2(CCN)CCO[C@@H](C(C)C)C2)cc1. The Morgan fingerprint density at radius 2 is 2.00 bits per heavy atom. The maximum Gasteiger partial charge on any atom is 0.0606 e. The summed E-state index contributed by atoms with van der Waals surface area (Å²) in [4.78, 5) is 0. The molecule has 0 radical (unpaired) electrons. The quantitative estimate of drug-likeness (QED) is 0.901. The molecule has 0 amide bonds. The average Bonchev–Trinajstić information content (AvgIpc) is 2.40. The molecule has 0 bridgehead atoms. The molecule has 2 N–H and O–H groups in total. The summed E-state index contributed by atoms with van der Waals surface area (Å²) >= 11 is 0. The van der Waals surface area contributed by atoms with Gasteiger partial charge in [0.15, 0.2) is 0 Å². The van der Waals surface area contributed by atoms with Crippen LogP contribution >= 0.6 is 0 Å². The van der Waals surface area contributed by atoms with E-state index in [4.69, 9.17) is 10.5 Å². The van der Waals surface area contributed by atoms with Crippen molar-refractivity contribution in [2.24, 2.45) is 11.7 Å². The van der Waals surface area contributed by atoms with Gasteiger partial charge in [0.1, 0.15) is 0 Å². The number of rotatable bonds is 4. The van der Waals surface area contributed by atoms with Crippen molar-refractivity contribution in [2.75, 3.05) is 13.2 Å². The minimum atomic E-state index is 0.218. The van der Waals surface area contributed by atoms with Crippen LogP contribution in [-0.4, -0.2) is 19.3 Å². The van der Waals surface area contributed by atoms with Crippen LogP contribution in [0.2, 0.25) is 0 Å². The molecule has 0 aromatic heterocycles. The fourth-order valence-electron chi connectivity index (χ4n) is 3.20. The molecule has 106 valence electrons. The summed E-state index contributed by atoms with van der Waals surface area (Å²) in [7, 11) is 0. The Hall–Kier alpha value is -0.860. The van der Waals surface area contributed by atoms with E-state index in [0.29, 0.717) is 12.0 Å². The normalized spacial score (nSPS) is 27.7. The van der Waals surface area contributed by atoms with Gasteiger partial charge in [-0.15, -0.1) is 0 Å². The fraction of sp³-hybridized carbons (Fsp3) is 0.647. The van der Waals surface area contributed by atoms with Crippen LogP contribution in [-0.2, 0) is 10.2 Å².